The molecule has 2 rings (SSSR count). The molecule has 1 aromatic carbocycles. The van der Waals surface area contributed by atoms with Crippen LogP contribution in [0.15, 0.2) is 24.3 Å². The van der Waals surface area contributed by atoms with Crippen LogP contribution in [-0.4, -0.2) is 31.1 Å². The van der Waals surface area contributed by atoms with Crippen LogP contribution in [0, 0.1) is 5.92 Å². The van der Waals surface area contributed by atoms with Crippen molar-refractivity contribution in [1.82, 2.24) is 10.2 Å². The number of nitrogens with zero attached hydrogens (tertiary/aromatic N) is 1. The van der Waals surface area contributed by atoms with E-state index >= 15 is 0 Å². The Bertz CT molecular complexity index is 408. The normalized spacial score (nSPS) is 21.2. The van der Waals surface area contributed by atoms with Crippen molar-refractivity contribution in [2.75, 3.05) is 26.2 Å². The average molecular weight is 295 g/mol. The maximum Gasteiger partial charge on any atom is 0.0409 e. The van der Waals surface area contributed by atoms with Gasteiger partial charge in [-0.05, 0) is 62.5 Å². The molecule has 1 N–H and O–H groups in total. The summed E-state index contributed by atoms with van der Waals surface area (Å²) in [7, 11) is 0. The first-order valence-corrected chi connectivity index (χ1v) is 8.28. The van der Waals surface area contributed by atoms with E-state index in [1.807, 2.05) is 6.07 Å². The highest BCUT2D eigenvalue weighted by molar-refractivity contribution is 6.30. The highest BCUT2D eigenvalue weighted by Crippen LogP contribution is 2.22. The highest BCUT2D eigenvalue weighted by atomic mass is 35.5. The van der Waals surface area contributed by atoms with Crippen molar-refractivity contribution < 1.29 is 0 Å². The van der Waals surface area contributed by atoms with Crippen LogP contribution >= 0.6 is 11.6 Å². The van der Waals surface area contributed by atoms with Gasteiger partial charge in [0.15, 0.2) is 0 Å². The lowest BCUT2D eigenvalue weighted by Crippen LogP contribution is -2.28. The third-order valence-electron chi connectivity index (χ3n) is 4.13. The fraction of sp³-hybridized carbons (Fsp3) is 0.647. The largest absolute Gasteiger partial charge is 0.310 e. The minimum atomic E-state index is 0.421. The standard InChI is InChI=1S/C17H27ClN2/c1-3-9-19-17(15-5-4-6-16(18)12-15)8-11-20-10-7-14(2)13-20/h4-6,12,14,17,19H,3,7-11,13H2,1-2H3. The Morgan fingerprint density at radius 1 is 1.45 bits per heavy atom. The fourth-order valence-corrected chi connectivity index (χ4v) is 3.17. The summed E-state index contributed by atoms with van der Waals surface area (Å²) >= 11 is 6.13. The van der Waals surface area contributed by atoms with Crippen LogP contribution in [0.1, 0.15) is 44.7 Å². The first kappa shape index (κ1) is 15.8. The summed E-state index contributed by atoms with van der Waals surface area (Å²) in [5.74, 6) is 0.864. The summed E-state index contributed by atoms with van der Waals surface area (Å²) in [6.07, 6.45) is 3.68. The highest BCUT2D eigenvalue weighted by Gasteiger charge is 2.20. The van der Waals surface area contributed by atoms with Crippen LogP contribution in [-0.2, 0) is 0 Å². The van der Waals surface area contributed by atoms with Gasteiger partial charge in [0.25, 0.3) is 0 Å². The Morgan fingerprint density at radius 3 is 2.95 bits per heavy atom. The lowest BCUT2D eigenvalue weighted by molar-refractivity contribution is 0.302. The van der Waals surface area contributed by atoms with Gasteiger partial charge in [-0.15, -0.1) is 0 Å². The predicted molar refractivity (Wildman–Crippen MR) is 87.3 cm³/mol. The minimum Gasteiger partial charge on any atom is -0.310 e. The first-order chi connectivity index (χ1) is 9.69. The summed E-state index contributed by atoms with van der Waals surface area (Å²) in [6, 6.07) is 8.71. The van der Waals surface area contributed by atoms with Crippen LogP contribution < -0.4 is 5.32 Å². The quantitative estimate of drug-likeness (QED) is 0.814. The van der Waals surface area contributed by atoms with Crippen molar-refractivity contribution in [2.45, 2.75) is 39.2 Å². The second-order valence-electron chi connectivity index (χ2n) is 6.04. The SMILES string of the molecule is CCCNC(CCN1CCC(C)C1)c1cccc(Cl)c1. The maximum absolute atomic E-state index is 6.13. The molecule has 3 heteroatoms. The summed E-state index contributed by atoms with van der Waals surface area (Å²) in [5, 5.41) is 4.50. The number of benzene rings is 1. The van der Waals surface area contributed by atoms with Gasteiger partial charge in [-0.25, -0.2) is 0 Å². The molecule has 0 amide bonds. The van der Waals surface area contributed by atoms with Crippen molar-refractivity contribution >= 4 is 11.6 Å². The summed E-state index contributed by atoms with van der Waals surface area (Å²) in [5.41, 5.74) is 1.32. The van der Waals surface area contributed by atoms with E-state index < -0.39 is 0 Å². The number of hydrogen-bond acceptors (Lipinski definition) is 2. The maximum atomic E-state index is 6.13. The molecule has 1 aliphatic heterocycles. The van der Waals surface area contributed by atoms with Gasteiger partial charge in [0, 0.05) is 17.6 Å². The van der Waals surface area contributed by atoms with E-state index in [2.05, 4.69) is 42.3 Å². The zero-order valence-electron chi connectivity index (χ0n) is 12.7. The Hall–Kier alpha value is -0.570. The van der Waals surface area contributed by atoms with Crippen LogP contribution in [0.2, 0.25) is 5.02 Å². The number of halogens is 1. The lowest BCUT2D eigenvalue weighted by atomic mass is 10.0. The predicted octanol–water partition coefficient (Wildman–Crippen LogP) is 4.11. The molecule has 1 aliphatic rings. The van der Waals surface area contributed by atoms with Crippen LogP contribution in [0.4, 0.5) is 0 Å². The van der Waals surface area contributed by atoms with Gasteiger partial charge in [0.1, 0.15) is 0 Å². The Kier molecular flexibility index (Phi) is 6.34. The molecule has 0 saturated carbocycles. The molecular weight excluding hydrogens is 268 g/mol. The zero-order valence-corrected chi connectivity index (χ0v) is 13.5. The van der Waals surface area contributed by atoms with Crippen molar-refractivity contribution in [1.29, 1.82) is 0 Å². The zero-order chi connectivity index (χ0) is 14.4. The molecular formula is C17H27ClN2. The molecule has 1 fully saturated rings. The van der Waals surface area contributed by atoms with Gasteiger partial charge >= 0.3 is 0 Å². The third kappa shape index (κ3) is 4.76. The number of rotatable bonds is 7. The molecule has 1 heterocycles. The van der Waals surface area contributed by atoms with Crippen LogP contribution in [0.25, 0.3) is 0 Å². The molecule has 0 aliphatic carbocycles. The summed E-state index contributed by atoms with van der Waals surface area (Å²) in [4.78, 5) is 2.59. The number of likely N-dealkylation sites (tertiary alicyclic amines) is 1. The average Bonchev–Trinajstić information content (AvgIpc) is 2.85. The Labute approximate surface area is 128 Å². The number of hydrogen-bond donors (Lipinski definition) is 1. The number of nitrogens with one attached hydrogen (secondary N) is 1. The third-order valence-corrected chi connectivity index (χ3v) is 4.37. The first-order valence-electron chi connectivity index (χ1n) is 7.90. The van der Waals surface area contributed by atoms with E-state index in [0.29, 0.717) is 6.04 Å². The van der Waals surface area contributed by atoms with Crippen molar-refractivity contribution in [2.24, 2.45) is 5.92 Å². The van der Waals surface area contributed by atoms with E-state index in [1.165, 1.54) is 31.6 Å². The molecule has 1 saturated heterocycles. The topological polar surface area (TPSA) is 15.3 Å². The lowest BCUT2D eigenvalue weighted by Gasteiger charge is -2.23. The molecule has 1 aromatic rings. The van der Waals surface area contributed by atoms with Crippen molar-refractivity contribution in [3.8, 4) is 0 Å². The van der Waals surface area contributed by atoms with E-state index in [0.717, 1.165) is 30.3 Å². The molecule has 2 unspecified atom stereocenters. The van der Waals surface area contributed by atoms with Crippen LogP contribution in [0.3, 0.4) is 0 Å². The molecule has 112 valence electrons. The van der Waals surface area contributed by atoms with Crippen molar-refractivity contribution in [3.63, 3.8) is 0 Å². The van der Waals surface area contributed by atoms with E-state index in [4.69, 9.17) is 11.6 Å². The van der Waals surface area contributed by atoms with Gasteiger partial charge in [-0.3, -0.25) is 0 Å². The van der Waals surface area contributed by atoms with Gasteiger partial charge in [-0.1, -0.05) is 37.6 Å². The smallest absolute Gasteiger partial charge is 0.0409 e. The van der Waals surface area contributed by atoms with Crippen LogP contribution in [0.5, 0.6) is 0 Å². The molecule has 0 radical (unpaired) electrons. The Balaban J connectivity index is 1.93. The molecule has 20 heavy (non-hydrogen) atoms. The van der Waals surface area contributed by atoms with Gasteiger partial charge < -0.3 is 10.2 Å². The Morgan fingerprint density at radius 2 is 2.30 bits per heavy atom. The van der Waals surface area contributed by atoms with E-state index in [9.17, 15) is 0 Å². The van der Waals surface area contributed by atoms with Gasteiger partial charge in [0.2, 0.25) is 0 Å². The molecule has 2 atom stereocenters. The van der Waals surface area contributed by atoms with E-state index in [1.54, 1.807) is 0 Å². The van der Waals surface area contributed by atoms with Gasteiger partial charge in [-0.2, -0.15) is 0 Å². The molecule has 2 nitrogen and oxygen atoms in total. The summed E-state index contributed by atoms with van der Waals surface area (Å²) in [6.45, 7) is 9.33. The second-order valence-corrected chi connectivity index (χ2v) is 6.48. The van der Waals surface area contributed by atoms with Gasteiger partial charge in [0.05, 0.1) is 0 Å². The molecule has 0 spiro atoms. The fourth-order valence-electron chi connectivity index (χ4n) is 2.97. The second kappa shape index (κ2) is 8.02. The monoisotopic (exact) mass is 294 g/mol. The van der Waals surface area contributed by atoms with E-state index in [-0.39, 0.29) is 0 Å². The minimum absolute atomic E-state index is 0.421. The molecule has 0 aromatic heterocycles. The summed E-state index contributed by atoms with van der Waals surface area (Å²) < 4.78 is 0. The van der Waals surface area contributed by atoms with Crippen molar-refractivity contribution in [3.05, 3.63) is 34.9 Å². The molecule has 0 bridgehead atoms.